The van der Waals surface area contributed by atoms with E-state index in [1.807, 2.05) is 0 Å². The summed E-state index contributed by atoms with van der Waals surface area (Å²) in [6, 6.07) is 0. The van der Waals surface area contributed by atoms with E-state index in [2.05, 4.69) is 20.8 Å². The lowest BCUT2D eigenvalue weighted by Crippen LogP contribution is -1.97. The van der Waals surface area contributed by atoms with Gasteiger partial charge in [-0.15, -0.1) is 0 Å². The van der Waals surface area contributed by atoms with Crippen LogP contribution < -0.4 is 0 Å². The first-order valence-corrected chi connectivity index (χ1v) is 6.27. The largest absolute Gasteiger partial charge is 0.396 e. The lowest BCUT2D eigenvalue weighted by Gasteiger charge is -2.11. The molecule has 0 bridgehead atoms. The Labute approximate surface area is 89.9 Å². The van der Waals surface area contributed by atoms with Crippen molar-refractivity contribution in [3.63, 3.8) is 0 Å². The van der Waals surface area contributed by atoms with Crippen molar-refractivity contribution < 1.29 is 5.11 Å². The highest BCUT2D eigenvalue weighted by molar-refractivity contribution is 4.55. The summed E-state index contributed by atoms with van der Waals surface area (Å²) in [5.74, 6) is 1.74. The van der Waals surface area contributed by atoms with Gasteiger partial charge in [0.15, 0.2) is 0 Å². The van der Waals surface area contributed by atoms with Crippen LogP contribution in [0.5, 0.6) is 0 Å². The van der Waals surface area contributed by atoms with E-state index in [1.165, 1.54) is 38.5 Å². The van der Waals surface area contributed by atoms with Gasteiger partial charge in [0.05, 0.1) is 0 Å². The number of hydrogen-bond acceptors (Lipinski definition) is 1. The zero-order chi connectivity index (χ0) is 10.8. The Morgan fingerprint density at radius 3 is 2.00 bits per heavy atom. The highest BCUT2D eigenvalue weighted by Crippen LogP contribution is 2.17. The van der Waals surface area contributed by atoms with Crippen LogP contribution in [0.1, 0.15) is 65.7 Å². The third kappa shape index (κ3) is 10.0. The predicted molar refractivity (Wildman–Crippen MR) is 63.4 cm³/mol. The van der Waals surface area contributed by atoms with Crippen molar-refractivity contribution >= 4 is 0 Å². The van der Waals surface area contributed by atoms with Gasteiger partial charge in [0.1, 0.15) is 0 Å². The molecule has 1 unspecified atom stereocenters. The van der Waals surface area contributed by atoms with Gasteiger partial charge in [-0.2, -0.15) is 0 Å². The Morgan fingerprint density at radius 1 is 0.786 bits per heavy atom. The van der Waals surface area contributed by atoms with E-state index in [0.29, 0.717) is 6.61 Å². The maximum Gasteiger partial charge on any atom is 0.0431 e. The summed E-state index contributed by atoms with van der Waals surface area (Å²) in [6.45, 7) is 7.32. The first kappa shape index (κ1) is 14.0. The van der Waals surface area contributed by atoms with Crippen LogP contribution in [-0.4, -0.2) is 11.7 Å². The molecule has 86 valence electrons. The summed E-state index contributed by atoms with van der Waals surface area (Å²) in [4.78, 5) is 0. The van der Waals surface area contributed by atoms with Gasteiger partial charge in [0.25, 0.3) is 0 Å². The van der Waals surface area contributed by atoms with E-state index in [0.717, 1.165) is 18.3 Å². The fourth-order valence-corrected chi connectivity index (χ4v) is 1.80. The second-order valence-electron chi connectivity index (χ2n) is 5.00. The first-order chi connectivity index (χ1) is 6.66. The lowest BCUT2D eigenvalue weighted by molar-refractivity contribution is 0.280. The quantitative estimate of drug-likeness (QED) is 0.558. The van der Waals surface area contributed by atoms with E-state index in [1.54, 1.807) is 0 Å². The Bertz CT molecular complexity index is 110. The molecule has 0 spiro atoms. The van der Waals surface area contributed by atoms with Gasteiger partial charge in [-0.1, -0.05) is 59.3 Å². The molecule has 0 aliphatic rings. The Morgan fingerprint density at radius 2 is 1.43 bits per heavy atom. The summed E-state index contributed by atoms with van der Waals surface area (Å²) in [7, 11) is 0. The molecule has 0 fully saturated rings. The molecule has 1 heteroatoms. The predicted octanol–water partition coefficient (Wildman–Crippen LogP) is 4.00. The summed E-state index contributed by atoms with van der Waals surface area (Å²) >= 11 is 0. The monoisotopic (exact) mass is 200 g/mol. The van der Waals surface area contributed by atoms with E-state index in [9.17, 15) is 0 Å². The van der Waals surface area contributed by atoms with Gasteiger partial charge in [0, 0.05) is 6.61 Å². The second kappa shape index (κ2) is 9.51. The van der Waals surface area contributed by atoms with E-state index < -0.39 is 0 Å². The summed E-state index contributed by atoms with van der Waals surface area (Å²) < 4.78 is 0. The molecule has 1 atom stereocenters. The van der Waals surface area contributed by atoms with Crippen molar-refractivity contribution in [1.82, 2.24) is 0 Å². The van der Waals surface area contributed by atoms with Crippen molar-refractivity contribution in [2.75, 3.05) is 6.61 Å². The highest BCUT2D eigenvalue weighted by Gasteiger charge is 2.02. The Kier molecular flexibility index (Phi) is 9.49. The third-order valence-corrected chi connectivity index (χ3v) is 2.83. The maximum atomic E-state index is 8.63. The molecule has 1 N–H and O–H groups in total. The van der Waals surface area contributed by atoms with Crippen LogP contribution in [0.4, 0.5) is 0 Å². The standard InChI is InChI=1S/C13H28O/c1-12(2)8-7-10-13(3)9-5-4-6-11-14/h12-14H,4-11H2,1-3H3. The van der Waals surface area contributed by atoms with E-state index >= 15 is 0 Å². The lowest BCUT2D eigenvalue weighted by atomic mass is 9.95. The highest BCUT2D eigenvalue weighted by atomic mass is 16.2. The number of rotatable bonds is 9. The van der Waals surface area contributed by atoms with Gasteiger partial charge in [-0.3, -0.25) is 0 Å². The summed E-state index contributed by atoms with van der Waals surface area (Å²) in [6.07, 6.45) is 8.97. The van der Waals surface area contributed by atoms with Crippen molar-refractivity contribution in [3.8, 4) is 0 Å². The average molecular weight is 200 g/mol. The topological polar surface area (TPSA) is 20.2 Å². The van der Waals surface area contributed by atoms with Crippen LogP contribution >= 0.6 is 0 Å². The molecule has 0 aromatic heterocycles. The zero-order valence-electron chi connectivity index (χ0n) is 10.3. The van der Waals surface area contributed by atoms with Crippen molar-refractivity contribution in [2.45, 2.75) is 65.7 Å². The molecule has 0 aromatic rings. The normalized spacial score (nSPS) is 13.5. The molecular weight excluding hydrogens is 172 g/mol. The number of aliphatic hydroxyl groups is 1. The SMILES string of the molecule is CC(C)CCCC(C)CCCCCO. The minimum Gasteiger partial charge on any atom is -0.396 e. The Hall–Kier alpha value is -0.0400. The fourth-order valence-electron chi connectivity index (χ4n) is 1.80. The van der Waals surface area contributed by atoms with Crippen LogP contribution in [0.15, 0.2) is 0 Å². The molecule has 0 saturated carbocycles. The molecule has 0 aliphatic heterocycles. The van der Waals surface area contributed by atoms with Crippen molar-refractivity contribution in [3.05, 3.63) is 0 Å². The zero-order valence-corrected chi connectivity index (χ0v) is 10.3. The van der Waals surface area contributed by atoms with Crippen LogP contribution in [-0.2, 0) is 0 Å². The van der Waals surface area contributed by atoms with Crippen molar-refractivity contribution in [1.29, 1.82) is 0 Å². The summed E-state index contributed by atoms with van der Waals surface area (Å²) in [5, 5.41) is 8.63. The summed E-state index contributed by atoms with van der Waals surface area (Å²) in [5.41, 5.74) is 0. The van der Waals surface area contributed by atoms with E-state index in [4.69, 9.17) is 5.11 Å². The molecule has 0 aliphatic carbocycles. The molecule has 0 radical (unpaired) electrons. The smallest absolute Gasteiger partial charge is 0.0431 e. The van der Waals surface area contributed by atoms with Crippen LogP contribution in [0, 0.1) is 11.8 Å². The van der Waals surface area contributed by atoms with Gasteiger partial charge in [-0.25, -0.2) is 0 Å². The van der Waals surface area contributed by atoms with Gasteiger partial charge in [-0.05, 0) is 18.3 Å². The number of unbranched alkanes of at least 4 members (excludes halogenated alkanes) is 2. The molecule has 14 heavy (non-hydrogen) atoms. The molecular formula is C13H28O. The fraction of sp³-hybridized carbons (Fsp3) is 1.00. The average Bonchev–Trinajstić information content (AvgIpc) is 2.12. The maximum absolute atomic E-state index is 8.63. The van der Waals surface area contributed by atoms with Crippen LogP contribution in [0.3, 0.4) is 0 Å². The van der Waals surface area contributed by atoms with Crippen molar-refractivity contribution in [2.24, 2.45) is 11.8 Å². The van der Waals surface area contributed by atoms with Gasteiger partial charge < -0.3 is 5.11 Å². The van der Waals surface area contributed by atoms with Crippen LogP contribution in [0.2, 0.25) is 0 Å². The number of aliphatic hydroxyl groups excluding tert-OH is 1. The van der Waals surface area contributed by atoms with E-state index in [-0.39, 0.29) is 0 Å². The first-order valence-electron chi connectivity index (χ1n) is 6.27. The molecule has 0 heterocycles. The van der Waals surface area contributed by atoms with Crippen LogP contribution in [0.25, 0.3) is 0 Å². The number of hydrogen-bond donors (Lipinski definition) is 1. The molecule has 1 nitrogen and oxygen atoms in total. The molecule has 0 saturated heterocycles. The molecule has 0 rings (SSSR count). The third-order valence-electron chi connectivity index (χ3n) is 2.83. The molecule has 0 aromatic carbocycles. The van der Waals surface area contributed by atoms with Gasteiger partial charge >= 0.3 is 0 Å². The minimum absolute atomic E-state index is 0.363. The minimum atomic E-state index is 0.363. The Balaban J connectivity index is 3.15. The second-order valence-corrected chi connectivity index (χ2v) is 5.00. The van der Waals surface area contributed by atoms with Gasteiger partial charge in [0.2, 0.25) is 0 Å². The molecule has 0 amide bonds.